The first-order chi connectivity index (χ1) is 8.22. The molecule has 1 saturated carbocycles. The lowest BCUT2D eigenvalue weighted by Crippen LogP contribution is -2.41. The van der Waals surface area contributed by atoms with E-state index in [4.69, 9.17) is 5.73 Å². The zero-order valence-corrected chi connectivity index (χ0v) is 12.3. The number of rotatable bonds is 4. The van der Waals surface area contributed by atoms with Crippen molar-refractivity contribution in [3.05, 3.63) is 22.4 Å². The van der Waals surface area contributed by atoms with Crippen LogP contribution >= 0.6 is 23.7 Å². The van der Waals surface area contributed by atoms with Crippen molar-refractivity contribution >= 4 is 29.7 Å². The van der Waals surface area contributed by atoms with E-state index in [9.17, 15) is 4.79 Å². The molecule has 0 saturated heterocycles. The fourth-order valence-corrected chi connectivity index (χ4v) is 3.19. The van der Waals surface area contributed by atoms with Crippen molar-refractivity contribution in [2.24, 2.45) is 11.7 Å². The summed E-state index contributed by atoms with van der Waals surface area (Å²) in [6.45, 7) is 3.53. The number of carbonyl (C=O) groups is 1. The molecule has 2 N–H and O–H groups in total. The van der Waals surface area contributed by atoms with Gasteiger partial charge in [0.25, 0.3) is 0 Å². The third-order valence-electron chi connectivity index (χ3n) is 3.51. The van der Waals surface area contributed by atoms with Crippen molar-refractivity contribution in [1.82, 2.24) is 4.90 Å². The molecule has 0 aliphatic heterocycles. The van der Waals surface area contributed by atoms with Crippen molar-refractivity contribution in [1.29, 1.82) is 0 Å². The average molecular weight is 289 g/mol. The summed E-state index contributed by atoms with van der Waals surface area (Å²) in [4.78, 5) is 15.5. The topological polar surface area (TPSA) is 46.3 Å². The SMILES string of the molecule is CCN(Cc1cccs1)C(=O)C1CCCC1N.Cl. The second-order valence-corrected chi connectivity index (χ2v) is 5.67. The predicted molar refractivity (Wildman–Crippen MR) is 78.0 cm³/mol. The van der Waals surface area contributed by atoms with Gasteiger partial charge < -0.3 is 10.6 Å². The number of nitrogens with zero attached hydrogens (tertiary/aromatic N) is 1. The van der Waals surface area contributed by atoms with E-state index in [2.05, 4.69) is 11.4 Å². The number of amides is 1. The highest BCUT2D eigenvalue weighted by atomic mass is 35.5. The van der Waals surface area contributed by atoms with E-state index >= 15 is 0 Å². The smallest absolute Gasteiger partial charge is 0.227 e. The maximum atomic E-state index is 12.4. The average Bonchev–Trinajstić information content (AvgIpc) is 2.96. The molecule has 18 heavy (non-hydrogen) atoms. The number of halogens is 1. The molecule has 0 spiro atoms. The van der Waals surface area contributed by atoms with Gasteiger partial charge in [-0.1, -0.05) is 12.5 Å². The minimum absolute atomic E-state index is 0. The molecular formula is C13H21ClN2OS. The monoisotopic (exact) mass is 288 g/mol. The Bertz CT molecular complexity index is 369. The van der Waals surface area contributed by atoms with Crippen LogP contribution in [0.25, 0.3) is 0 Å². The maximum Gasteiger partial charge on any atom is 0.227 e. The zero-order valence-electron chi connectivity index (χ0n) is 10.7. The van der Waals surface area contributed by atoms with Crippen LogP contribution in [0.2, 0.25) is 0 Å². The van der Waals surface area contributed by atoms with E-state index in [-0.39, 0.29) is 30.3 Å². The summed E-state index contributed by atoms with van der Waals surface area (Å²) in [6, 6.07) is 4.18. The van der Waals surface area contributed by atoms with Gasteiger partial charge >= 0.3 is 0 Å². The Hall–Kier alpha value is -0.580. The highest BCUT2D eigenvalue weighted by molar-refractivity contribution is 7.09. The van der Waals surface area contributed by atoms with Gasteiger partial charge in [0, 0.05) is 17.5 Å². The summed E-state index contributed by atoms with van der Waals surface area (Å²) in [5.74, 6) is 0.292. The summed E-state index contributed by atoms with van der Waals surface area (Å²) in [6.07, 6.45) is 3.04. The molecule has 1 heterocycles. The van der Waals surface area contributed by atoms with Crippen molar-refractivity contribution in [3.8, 4) is 0 Å². The molecule has 3 nitrogen and oxygen atoms in total. The van der Waals surface area contributed by atoms with Crippen LogP contribution in [0.15, 0.2) is 17.5 Å². The third kappa shape index (κ3) is 3.46. The highest BCUT2D eigenvalue weighted by Gasteiger charge is 2.32. The van der Waals surface area contributed by atoms with E-state index < -0.39 is 0 Å². The first-order valence-electron chi connectivity index (χ1n) is 6.29. The van der Waals surface area contributed by atoms with E-state index in [1.54, 1.807) is 11.3 Å². The Balaban J connectivity index is 0.00000162. The standard InChI is InChI=1S/C13H20N2OS.ClH/c1-2-15(9-10-5-4-8-17-10)13(16)11-6-3-7-12(11)14;/h4-5,8,11-12H,2-3,6-7,9,14H2,1H3;1H. The molecule has 1 aromatic heterocycles. The molecule has 1 aliphatic carbocycles. The molecule has 1 amide bonds. The Morgan fingerprint density at radius 1 is 1.56 bits per heavy atom. The minimum atomic E-state index is 0. The van der Waals surface area contributed by atoms with Gasteiger partial charge in [-0.3, -0.25) is 4.79 Å². The quantitative estimate of drug-likeness (QED) is 0.926. The first kappa shape index (κ1) is 15.5. The molecule has 102 valence electrons. The van der Waals surface area contributed by atoms with Gasteiger partial charge in [-0.15, -0.1) is 23.7 Å². The van der Waals surface area contributed by atoms with Gasteiger partial charge in [0.1, 0.15) is 0 Å². The number of nitrogens with two attached hydrogens (primary N) is 1. The molecule has 1 aromatic rings. The molecule has 1 fully saturated rings. The summed E-state index contributed by atoms with van der Waals surface area (Å²) in [5, 5.41) is 2.05. The van der Waals surface area contributed by atoms with Crippen molar-refractivity contribution < 1.29 is 4.79 Å². The minimum Gasteiger partial charge on any atom is -0.338 e. The second kappa shape index (κ2) is 7.12. The number of thiophene rings is 1. The third-order valence-corrected chi connectivity index (χ3v) is 4.37. The number of carbonyl (C=O) groups excluding carboxylic acids is 1. The van der Waals surface area contributed by atoms with E-state index in [1.807, 2.05) is 17.9 Å². The van der Waals surface area contributed by atoms with Gasteiger partial charge in [-0.25, -0.2) is 0 Å². The fourth-order valence-electron chi connectivity index (χ4n) is 2.47. The summed E-state index contributed by atoms with van der Waals surface area (Å²) in [5.41, 5.74) is 6.00. The number of hydrogen-bond acceptors (Lipinski definition) is 3. The van der Waals surface area contributed by atoms with E-state index in [0.717, 1.165) is 32.4 Å². The van der Waals surface area contributed by atoms with Gasteiger partial charge in [-0.05, 0) is 31.2 Å². The predicted octanol–water partition coefficient (Wildman–Crippen LogP) is 2.65. The van der Waals surface area contributed by atoms with Crippen LogP contribution in [0, 0.1) is 5.92 Å². The molecule has 5 heteroatoms. The van der Waals surface area contributed by atoms with E-state index in [1.165, 1.54) is 4.88 Å². The summed E-state index contributed by atoms with van der Waals surface area (Å²) >= 11 is 1.70. The second-order valence-electron chi connectivity index (χ2n) is 4.63. The van der Waals surface area contributed by atoms with Crippen LogP contribution in [-0.2, 0) is 11.3 Å². The largest absolute Gasteiger partial charge is 0.338 e. The maximum absolute atomic E-state index is 12.4. The van der Waals surface area contributed by atoms with Gasteiger partial charge in [0.2, 0.25) is 5.91 Å². The van der Waals surface area contributed by atoms with Crippen LogP contribution in [0.4, 0.5) is 0 Å². The zero-order chi connectivity index (χ0) is 12.3. The molecule has 2 atom stereocenters. The molecule has 2 unspecified atom stereocenters. The van der Waals surface area contributed by atoms with Gasteiger partial charge in [0.05, 0.1) is 12.5 Å². The van der Waals surface area contributed by atoms with Crippen molar-refractivity contribution in [2.75, 3.05) is 6.54 Å². The Morgan fingerprint density at radius 2 is 2.33 bits per heavy atom. The van der Waals surface area contributed by atoms with Crippen molar-refractivity contribution in [3.63, 3.8) is 0 Å². The van der Waals surface area contributed by atoms with Crippen molar-refractivity contribution in [2.45, 2.75) is 38.8 Å². The Labute approximate surface area is 119 Å². The first-order valence-corrected chi connectivity index (χ1v) is 7.17. The number of hydrogen-bond donors (Lipinski definition) is 1. The van der Waals surface area contributed by atoms with Gasteiger partial charge in [-0.2, -0.15) is 0 Å². The van der Waals surface area contributed by atoms with E-state index in [0.29, 0.717) is 0 Å². The lowest BCUT2D eigenvalue weighted by atomic mass is 10.0. The molecule has 2 rings (SSSR count). The lowest BCUT2D eigenvalue weighted by Gasteiger charge is -2.25. The van der Waals surface area contributed by atoms with Crippen LogP contribution in [-0.4, -0.2) is 23.4 Å². The molecule has 0 bridgehead atoms. The fraction of sp³-hybridized carbons (Fsp3) is 0.615. The van der Waals surface area contributed by atoms with Crippen LogP contribution in [0.1, 0.15) is 31.1 Å². The van der Waals surface area contributed by atoms with Gasteiger partial charge in [0.15, 0.2) is 0 Å². The molecule has 0 radical (unpaired) electrons. The normalized spacial score (nSPS) is 22.6. The lowest BCUT2D eigenvalue weighted by molar-refractivity contribution is -0.136. The highest BCUT2D eigenvalue weighted by Crippen LogP contribution is 2.26. The summed E-state index contributed by atoms with van der Waals surface area (Å²) in [7, 11) is 0. The Kier molecular flexibility index (Phi) is 6.12. The molecule has 1 aliphatic rings. The summed E-state index contributed by atoms with van der Waals surface area (Å²) < 4.78 is 0. The van der Waals surface area contributed by atoms with Crippen LogP contribution < -0.4 is 5.73 Å². The van der Waals surface area contributed by atoms with Crippen LogP contribution in [0.3, 0.4) is 0 Å². The molecule has 0 aromatic carbocycles. The van der Waals surface area contributed by atoms with Crippen LogP contribution in [0.5, 0.6) is 0 Å². The Morgan fingerprint density at radius 3 is 2.83 bits per heavy atom. The molecular weight excluding hydrogens is 268 g/mol.